The van der Waals surface area contributed by atoms with Gasteiger partial charge in [-0.25, -0.2) is 0 Å². The van der Waals surface area contributed by atoms with Crippen LogP contribution in [0, 0.1) is 0 Å². The van der Waals surface area contributed by atoms with E-state index in [2.05, 4.69) is 36.0 Å². The lowest BCUT2D eigenvalue weighted by molar-refractivity contribution is 1.14. The molecule has 0 amide bonds. The SMILES string of the molecule is c1cc(SCC2CSS2)ccc1SCC1CS1. The van der Waals surface area contributed by atoms with Crippen molar-refractivity contribution in [2.24, 2.45) is 0 Å². The molecule has 92 valence electrons. The van der Waals surface area contributed by atoms with E-state index in [1.54, 1.807) is 0 Å². The first-order valence-corrected chi connectivity index (χ1v) is 11.1. The highest BCUT2D eigenvalue weighted by Crippen LogP contribution is 2.42. The van der Waals surface area contributed by atoms with Gasteiger partial charge in [0.2, 0.25) is 0 Å². The van der Waals surface area contributed by atoms with Crippen molar-refractivity contribution in [3.63, 3.8) is 0 Å². The quantitative estimate of drug-likeness (QED) is 0.420. The standard InChI is InChI=1S/C12H14S5/c1-3-10(14-7-12-8-16-17-12)4-2-9(1)13-5-11-6-15-11/h1-4,11-12H,5-8H2. The number of hydrogen-bond donors (Lipinski definition) is 0. The molecule has 0 nitrogen and oxygen atoms in total. The van der Waals surface area contributed by atoms with Crippen LogP contribution in [0.25, 0.3) is 0 Å². The first kappa shape index (κ1) is 13.0. The smallest absolute Gasteiger partial charge is 0.0344 e. The molecule has 3 rings (SSSR count). The van der Waals surface area contributed by atoms with Crippen molar-refractivity contribution in [2.45, 2.75) is 20.3 Å². The molecule has 5 heteroatoms. The van der Waals surface area contributed by atoms with Crippen LogP contribution >= 0.6 is 56.9 Å². The zero-order valence-corrected chi connectivity index (χ0v) is 13.4. The Balaban J connectivity index is 1.44. The average Bonchev–Trinajstić information content (AvgIpc) is 3.10. The number of rotatable bonds is 6. The second kappa shape index (κ2) is 6.42. The summed E-state index contributed by atoms with van der Waals surface area (Å²) in [4.78, 5) is 2.85. The largest absolute Gasteiger partial charge is 0.156 e. The third-order valence-corrected chi connectivity index (χ3v) is 9.42. The molecule has 0 spiro atoms. The van der Waals surface area contributed by atoms with Gasteiger partial charge < -0.3 is 0 Å². The normalized spacial score (nSPS) is 26.6. The summed E-state index contributed by atoms with van der Waals surface area (Å²) in [5.41, 5.74) is 0. The van der Waals surface area contributed by atoms with Crippen LogP contribution in [-0.2, 0) is 0 Å². The minimum atomic E-state index is 0.881. The zero-order chi connectivity index (χ0) is 11.5. The fraction of sp³-hybridized carbons (Fsp3) is 0.500. The van der Waals surface area contributed by atoms with Crippen LogP contribution in [0.3, 0.4) is 0 Å². The fourth-order valence-corrected chi connectivity index (χ4v) is 6.56. The van der Waals surface area contributed by atoms with Crippen molar-refractivity contribution in [2.75, 3.05) is 23.0 Å². The van der Waals surface area contributed by atoms with Crippen LogP contribution in [0.5, 0.6) is 0 Å². The molecule has 0 saturated carbocycles. The van der Waals surface area contributed by atoms with E-state index in [1.807, 2.05) is 45.1 Å². The van der Waals surface area contributed by atoms with Crippen molar-refractivity contribution < 1.29 is 0 Å². The van der Waals surface area contributed by atoms with Gasteiger partial charge in [-0.1, -0.05) is 21.6 Å². The van der Waals surface area contributed by atoms with Gasteiger partial charge in [0.15, 0.2) is 0 Å². The highest BCUT2D eigenvalue weighted by atomic mass is 33.1. The van der Waals surface area contributed by atoms with E-state index in [-0.39, 0.29) is 0 Å². The van der Waals surface area contributed by atoms with Crippen molar-refractivity contribution in [3.8, 4) is 0 Å². The van der Waals surface area contributed by atoms with Crippen molar-refractivity contribution in [3.05, 3.63) is 24.3 Å². The lowest BCUT2D eigenvalue weighted by Crippen LogP contribution is -2.15. The van der Waals surface area contributed by atoms with Gasteiger partial charge in [0.25, 0.3) is 0 Å². The van der Waals surface area contributed by atoms with E-state index >= 15 is 0 Å². The molecular formula is C12H14S5. The van der Waals surface area contributed by atoms with Gasteiger partial charge in [0, 0.05) is 43.3 Å². The summed E-state index contributed by atoms with van der Waals surface area (Å²) in [6.45, 7) is 0. The molecule has 1 aromatic carbocycles. The lowest BCUT2D eigenvalue weighted by Gasteiger charge is -2.22. The number of benzene rings is 1. The topological polar surface area (TPSA) is 0 Å². The van der Waals surface area contributed by atoms with Crippen molar-refractivity contribution in [1.29, 1.82) is 0 Å². The molecule has 0 radical (unpaired) electrons. The Kier molecular flexibility index (Phi) is 4.90. The van der Waals surface area contributed by atoms with E-state index in [0.717, 1.165) is 10.5 Å². The molecule has 1 aromatic rings. The predicted molar refractivity (Wildman–Crippen MR) is 88.0 cm³/mol. The maximum Gasteiger partial charge on any atom is 0.0344 e. The van der Waals surface area contributed by atoms with Crippen LogP contribution in [0.15, 0.2) is 34.1 Å². The van der Waals surface area contributed by atoms with Crippen LogP contribution in [-0.4, -0.2) is 33.5 Å². The van der Waals surface area contributed by atoms with E-state index in [0.29, 0.717) is 0 Å². The van der Waals surface area contributed by atoms with E-state index < -0.39 is 0 Å². The Labute approximate surface area is 124 Å². The van der Waals surface area contributed by atoms with Crippen LogP contribution in [0.4, 0.5) is 0 Å². The average molecular weight is 319 g/mol. The van der Waals surface area contributed by atoms with Gasteiger partial charge in [0.05, 0.1) is 0 Å². The Morgan fingerprint density at radius 2 is 1.47 bits per heavy atom. The molecule has 17 heavy (non-hydrogen) atoms. The molecule has 2 atom stereocenters. The number of thioether (sulfide) groups is 3. The van der Waals surface area contributed by atoms with Gasteiger partial charge in [-0.05, 0) is 24.3 Å². The van der Waals surface area contributed by atoms with Crippen LogP contribution in [0.1, 0.15) is 0 Å². The van der Waals surface area contributed by atoms with Gasteiger partial charge in [0.1, 0.15) is 0 Å². The number of hydrogen-bond acceptors (Lipinski definition) is 5. The summed E-state index contributed by atoms with van der Waals surface area (Å²) >= 11 is 6.09. The van der Waals surface area contributed by atoms with Crippen LogP contribution < -0.4 is 0 Å². The summed E-state index contributed by atoms with van der Waals surface area (Å²) < 4.78 is 0. The van der Waals surface area contributed by atoms with Gasteiger partial charge in [-0.3, -0.25) is 0 Å². The summed E-state index contributed by atoms with van der Waals surface area (Å²) in [6.07, 6.45) is 0. The monoisotopic (exact) mass is 318 g/mol. The first-order chi connectivity index (χ1) is 8.40. The third-order valence-electron chi connectivity index (χ3n) is 2.56. The van der Waals surface area contributed by atoms with Gasteiger partial charge >= 0.3 is 0 Å². The maximum absolute atomic E-state index is 2.28. The minimum absolute atomic E-state index is 0.881. The summed E-state index contributed by atoms with van der Waals surface area (Å²) in [7, 11) is 4.03. The Hall–Kier alpha value is 0.970. The van der Waals surface area contributed by atoms with E-state index in [1.165, 1.54) is 32.8 Å². The molecule has 0 N–H and O–H groups in total. The summed E-state index contributed by atoms with van der Waals surface area (Å²) in [5.74, 6) is 5.26. The van der Waals surface area contributed by atoms with Gasteiger partial charge in [-0.15, -0.1) is 23.5 Å². The predicted octanol–water partition coefficient (Wildman–Crippen LogP) is 4.75. The van der Waals surface area contributed by atoms with Crippen LogP contribution in [0.2, 0.25) is 0 Å². The minimum Gasteiger partial charge on any atom is -0.156 e. The molecule has 0 aliphatic carbocycles. The third kappa shape index (κ3) is 4.23. The molecular weight excluding hydrogens is 304 g/mol. The highest BCUT2D eigenvalue weighted by molar-refractivity contribution is 8.79. The molecule has 2 unspecified atom stereocenters. The molecule has 2 fully saturated rings. The molecule has 2 heterocycles. The van der Waals surface area contributed by atoms with Crippen molar-refractivity contribution >= 4 is 56.9 Å². The fourth-order valence-electron chi connectivity index (χ4n) is 1.41. The second-order valence-electron chi connectivity index (χ2n) is 4.05. The van der Waals surface area contributed by atoms with Gasteiger partial charge in [-0.2, -0.15) is 11.8 Å². The van der Waals surface area contributed by atoms with Crippen molar-refractivity contribution in [1.82, 2.24) is 0 Å². The maximum atomic E-state index is 2.28. The molecule has 0 bridgehead atoms. The summed E-state index contributed by atoms with van der Waals surface area (Å²) in [6, 6.07) is 9.12. The zero-order valence-electron chi connectivity index (χ0n) is 9.33. The second-order valence-corrected chi connectivity index (χ2v) is 10.3. The molecule has 2 aliphatic rings. The highest BCUT2D eigenvalue weighted by Gasteiger charge is 2.22. The molecule has 0 aromatic heterocycles. The van der Waals surface area contributed by atoms with E-state index in [4.69, 9.17) is 0 Å². The molecule has 2 aliphatic heterocycles. The summed E-state index contributed by atoms with van der Waals surface area (Å²) in [5, 5.41) is 1.81. The molecule has 2 saturated heterocycles. The Bertz CT molecular complexity index is 356. The van der Waals surface area contributed by atoms with E-state index in [9.17, 15) is 0 Å². The first-order valence-electron chi connectivity index (χ1n) is 5.66. The Morgan fingerprint density at radius 1 is 0.941 bits per heavy atom. The lowest BCUT2D eigenvalue weighted by atomic mass is 10.4. The Morgan fingerprint density at radius 3 is 1.88 bits per heavy atom.